The first kappa shape index (κ1) is 32.3. The van der Waals surface area contributed by atoms with Crippen LogP contribution in [-0.4, -0.2) is 71.8 Å². The van der Waals surface area contributed by atoms with Crippen molar-refractivity contribution in [1.29, 1.82) is 5.41 Å². The van der Waals surface area contributed by atoms with Crippen molar-refractivity contribution in [2.24, 2.45) is 0 Å². The van der Waals surface area contributed by atoms with Gasteiger partial charge in [0.2, 0.25) is 18.1 Å². The Bertz CT molecular complexity index is 774. The number of amides is 3. The van der Waals surface area contributed by atoms with E-state index in [2.05, 4.69) is 5.32 Å². The lowest BCUT2D eigenvalue weighted by molar-refractivity contribution is -0.150. The van der Waals surface area contributed by atoms with E-state index in [9.17, 15) is 24.3 Å². The standard InChI is InChI=1S/C22H42N4O8Si/c1-21(2,3)33-20(32)26(18(23)25-19(30)31)14-12-10-9-11-13-15(27)24-16(17(28)29)34-35(7,8)22(4,5)6/h16H,9-14H2,1-8H3,(H2,23,25)(H,24,27)(H,28,29)(H,30,31). The maximum Gasteiger partial charge on any atom is 0.417 e. The summed E-state index contributed by atoms with van der Waals surface area (Å²) in [6, 6.07) is 0. The van der Waals surface area contributed by atoms with Crippen LogP contribution in [-0.2, 0) is 18.8 Å². The minimum absolute atomic E-state index is 0.0572. The van der Waals surface area contributed by atoms with Crippen molar-refractivity contribution in [3.05, 3.63) is 0 Å². The van der Waals surface area contributed by atoms with Gasteiger partial charge in [0, 0.05) is 13.0 Å². The highest BCUT2D eigenvalue weighted by Crippen LogP contribution is 2.37. The number of nitrogens with zero attached hydrogens (tertiary/aromatic N) is 1. The summed E-state index contributed by atoms with van der Waals surface area (Å²) < 4.78 is 11.0. The molecular weight excluding hydrogens is 476 g/mol. The first-order chi connectivity index (χ1) is 15.8. The summed E-state index contributed by atoms with van der Waals surface area (Å²) in [5.41, 5.74) is -0.811. The molecule has 0 rings (SSSR count). The number of rotatable bonds is 11. The molecule has 202 valence electrons. The topological polar surface area (TPSA) is 178 Å². The predicted molar refractivity (Wildman–Crippen MR) is 133 cm³/mol. The van der Waals surface area contributed by atoms with Gasteiger partial charge in [0.1, 0.15) is 5.60 Å². The summed E-state index contributed by atoms with van der Waals surface area (Å²) in [5.74, 6) is -2.28. The van der Waals surface area contributed by atoms with Crippen LogP contribution in [0.5, 0.6) is 0 Å². The van der Waals surface area contributed by atoms with Crippen LogP contribution in [0.15, 0.2) is 0 Å². The van der Waals surface area contributed by atoms with Crippen molar-refractivity contribution in [1.82, 2.24) is 15.5 Å². The molecule has 0 aliphatic heterocycles. The van der Waals surface area contributed by atoms with Gasteiger partial charge in [0.05, 0.1) is 0 Å². The van der Waals surface area contributed by atoms with Crippen LogP contribution < -0.4 is 10.6 Å². The van der Waals surface area contributed by atoms with E-state index in [4.69, 9.17) is 19.7 Å². The number of guanidine groups is 1. The highest BCUT2D eigenvalue weighted by atomic mass is 28.4. The number of carbonyl (C=O) groups is 4. The molecule has 0 saturated carbocycles. The zero-order valence-electron chi connectivity index (χ0n) is 22.1. The van der Waals surface area contributed by atoms with E-state index >= 15 is 0 Å². The van der Waals surface area contributed by atoms with Crippen LogP contribution in [0.2, 0.25) is 18.1 Å². The molecule has 0 aliphatic rings. The van der Waals surface area contributed by atoms with Gasteiger partial charge in [-0.25, -0.2) is 19.3 Å². The largest absolute Gasteiger partial charge is 0.478 e. The second-order valence-corrected chi connectivity index (χ2v) is 15.5. The van der Waals surface area contributed by atoms with E-state index < -0.39 is 50.2 Å². The Kier molecular flexibility index (Phi) is 12.4. The predicted octanol–water partition coefficient (Wildman–Crippen LogP) is 3.93. The third-order valence-corrected chi connectivity index (χ3v) is 9.82. The van der Waals surface area contributed by atoms with Crippen LogP contribution >= 0.6 is 0 Å². The number of ether oxygens (including phenoxy) is 1. The molecule has 0 fully saturated rings. The summed E-state index contributed by atoms with van der Waals surface area (Å²) in [7, 11) is -2.40. The van der Waals surface area contributed by atoms with Crippen LogP contribution in [0.4, 0.5) is 9.59 Å². The molecule has 0 bridgehead atoms. The second-order valence-electron chi connectivity index (χ2n) is 10.7. The van der Waals surface area contributed by atoms with Gasteiger partial charge < -0.3 is 24.7 Å². The molecule has 0 spiro atoms. The molecule has 13 heteroatoms. The van der Waals surface area contributed by atoms with Crippen LogP contribution in [0.1, 0.15) is 73.6 Å². The van der Waals surface area contributed by atoms with Gasteiger partial charge in [0.15, 0.2) is 8.32 Å². The second kappa shape index (κ2) is 13.4. The monoisotopic (exact) mass is 518 g/mol. The number of carboxylic acid groups (broad SMARTS) is 2. The number of carbonyl (C=O) groups excluding carboxylic acids is 2. The fourth-order valence-corrected chi connectivity index (χ4v) is 3.62. The summed E-state index contributed by atoms with van der Waals surface area (Å²) in [4.78, 5) is 47.9. The molecular formula is C22H42N4O8Si. The van der Waals surface area contributed by atoms with Crippen molar-refractivity contribution >= 4 is 38.3 Å². The van der Waals surface area contributed by atoms with Gasteiger partial charge in [-0.05, 0) is 51.7 Å². The Morgan fingerprint density at radius 2 is 1.51 bits per heavy atom. The lowest BCUT2D eigenvalue weighted by atomic mass is 10.1. The number of hydrogen-bond acceptors (Lipinski definition) is 7. The Labute approximate surface area is 208 Å². The van der Waals surface area contributed by atoms with E-state index in [0.29, 0.717) is 25.7 Å². The van der Waals surface area contributed by atoms with Gasteiger partial charge in [-0.2, -0.15) is 0 Å². The molecule has 1 atom stereocenters. The minimum Gasteiger partial charge on any atom is -0.478 e. The molecule has 1 unspecified atom stereocenters. The summed E-state index contributed by atoms with van der Waals surface area (Å²) in [6.45, 7) is 14.8. The van der Waals surface area contributed by atoms with E-state index in [1.807, 2.05) is 39.2 Å². The Morgan fingerprint density at radius 3 is 1.97 bits per heavy atom. The third-order valence-electron chi connectivity index (χ3n) is 5.38. The van der Waals surface area contributed by atoms with Gasteiger partial charge in [0.25, 0.3) is 0 Å². The molecule has 5 N–H and O–H groups in total. The molecule has 35 heavy (non-hydrogen) atoms. The number of unbranched alkanes of at least 4 members (excludes halogenated alkanes) is 3. The summed E-state index contributed by atoms with van der Waals surface area (Å²) in [6.07, 6.45) is -1.48. The van der Waals surface area contributed by atoms with Crippen molar-refractivity contribution < 1.29 is 38.6 Å². The van der Waals surface area contributed by atoms with Crippen molar-refractivity contribution in [3.63, 3.8) is 0 Å². The molecule has 0 heterocycles. The van der Waals surface area contributed by atoms with Gasteiger partial charge in [-0.3, -0.25) is 15.5 Å². The van der Waals surface area contributed by atoms with Crippen molar-refractivity contribution in [3.8, 4) is 0 Å². The number of nitrogens with one attached hydrogen (secondary N) is 3. The zero-order valence-corrected chi connectivity index (χ0v) is 23.1. The summed E-state index contributed by atoms with van der Waals surface area (Å²) in [5, 5.41) is 30.1. The quantitative estimate of drug-likeness (QED) is 0.0897. The molecule has 0 saturated heterocycles. The Morgan fingerprint density at radius 1 is 0.971 bits per heavy atom. The van der Waals surface area contributed by atoms with E-state index in [-0.39, 0.29) is 18.0 Å². The fraction of sp³-hybridized carbons (Fsp3) is 0.773. The average molecular weight is 519 g/mol. The molecule has 3 amide bonds. The lowest BCUT2D eigenvalue weighted by Gasteiger charge is -2.38. The average Bonchev–Trinajstić information content (AvgIpc) is 2.63. The normalized spacial score (nSPS) is 12.9. The van der Waals surface area contributed by atoms with Gasteiger partial charge in [-0.15, -0.1) is 0 Å². The van der Waals surface area contributed by atoms with Crippen LogP contribution in [0, 0.1) is 5.41 Å². The number of carboxylic acids is 1. The first-order valence-corrected chi connectivity index (χ1v) is 14.5. The molecule has 0 aromatic carbocycles. The lowest BCUT2D eigenvalue weighted by Crippen LogP contribution is -2.52. The highest BCUT2D eigenvalue weighted by Gasteiger charge is 2.41. The SMILES string of the molecule is CC(C)(C)OC(=O)N(CCCCCCC(=O)NC(O[Si](C)(C)C(C)(C)C)C(=O)O)C(=N)NC(=O)O. The maximum absolute atomic E-state index is 12.3. The fourth-order valence-electron chi connectivity index (χ4n) is 2.52. The Hall–Kier alpha value is -2.67. The molecule has 12 nitrogen and oxygen atoms in total. The van der Waals surface area contributed by atoms with E-state index in [1.165, 1.54) is 0 Å². The molecule has 0 radical (unpaired) electrons. The van der Waals surface area contributed by atoms with Crippen molar-refractivity contribution in [2.75, 3.05) is 6.54 Å². The molecule has 0 aromatic rings. The minimum atomic E-state index is -2.40. The van der Waals surface area contributed by atoms with Gasteiger partial charge >= 0.3 is 18.2 Å². The van der Waals surface area contributed by atoms with Crippen LogP contribution in [0.3, 0.4) is 0 Å². The maximum atomic E-state index is 12.3. The van der Waals surface area contributed by atoms with Gasteiger partial charge in [-0.1, -0.05) is 33.6 Å². The van der Waals surface area contributed by atoms with E-state index in [0.717, 1.165) is 4.90 Å². The first-order valence-electron chi connectivity index (χ1n) is 11.6. The summed E-state index contributed by atoms with van der Waals surface area (Å²) >= 11 is 0. The third kappa shape index (κ3) is 13.1. The molecule has 0 aromatic heterocycles. The zero-order chi connectivity index (χ0) is 27.6. The smallest absolute Gasteiger partial charge is 0.417 e. The van der Waals surface area contributed by atoms with E-state index in [1.54, 1.807) is 20.8 Å². The highest BCUT2D eigenvalue weighted by molar-refractivity contribution is 6.74. The Balaban J connectivity index is 4.66. The van der Waals surface area contributed by atoms with Crippen LogP contribution in [0.25, 0.3) is 0 Å². The van der Waals surface area contributed by atoms with Crippen molar-refractivity contribution in [2.45, 2.75) is 104 Å². The number of aliphatic carboxylic acids is 1. The number of hydrogen-bond donors (Lipinski definition) is 5. The molecule has 0 aliphatic carbocycles.